The molecule has 32 heavy (non-hydrogen) atoms. The fraction of sp³-hybridized carbons (Fsp3) is 0. The van der Waals surface area contributed by atoms with E-state index in [1.165, 1.54) is 38.9 Å². The average Bonchev–Trinajstić information content (AvgIpc) is 3.33. The van der Waals surface area contributed by atoms with Crippen LogP contribution in [0.3, 0.4) is 0 Å². The molecule has 0 N–H and O–H groups in total. The van der Waals surface area contributed by atoms with Gasteiger partial charge in [-0.2, -0.15) is 0 Å². The van der Waals surface area contributed by atoms with Crippen molar-refractivity contribution in [3.63, 3.8) is 0 Å². The van der Waals surface area contributed by atoms with Gasteiger partial charge in [0.1, 0.15) is 0 Å². The van der Waals surface area contributed by atoms with Crippen molar-refractivity contribution < 1.29 is 0 Å². The van der Waals surface area contributed by atoms with Crippen LogP contribution in [0.2, 0.25) is 0 Å². The van der Waals surface area contributed by atoms with E-state index in [1.807, 2.05) is 0 Å². The fourth-order valence-electron chi connectivity index (χ4n) is 4.06. The van der Waals surface area contributed by atoms with Crippen molar-refractivity contribution in [3.8, 4) is 0 Å². The molecule has 1 heteroatoms. The van der Waals surface area contributed by atoms with Gasteiger partial charge < -0.3 is 0 Å². The molecule has 0 amide bonds. The molecule has 0 unspecified atom stereocenters. The van der Waals surface area contributed by atoms with Crippen LogP contribution in [0.5, 0.6) is 0 Å². The monoisotopic (exact) mass is 427 g/mol. The number of allylic oxidation sites excluding steroid dienone is 1. The third kappa shape index (κ3) is 4.62. The predicted octanol–water partition coefficient (Wildman–Crippen LogP) is 6.98. The van der Waals surface area contributed by atoms with Gasteiger partial charge in [-0.15, -0.1) is 0 Å². The Bertz CT molecular complexity index is 1050. The van der Waals surface area contributed by atoms with Crippen LogP contribution < -0.4 is 10.6 Å². The Labute approximate surface area is 193 Å². The summed E-state index contributed by atoms with van der Waals surface area (Å²) in [6.45, 7) is 0. The van der Waals surface area contributed by atoms with Gasteiger partial charge >= 0.3 is 0 Å². The lowest BCUT2D eigenvalue weighted by Gasteiger charge is -2.28. The van der Waals surface area contributed by atoms with E-state index in [0.29, 0.717) is 0 Å². The van der Waals surface area contributed by atoms with Crippen LogP contribution in [0.15, 0.2) is 127 Å². The highest BCUT2D eigenvalue weighted by atomic mass is 31.1. The highest BCUT2D eigenvalue weighted by Crippen LogP contribution is 2.56. The molecule has 0 saturated heterocycles. The molecule has 1 aliphatic rings. The van der Waals surface area contributed by atoms with Gasteiger partial charge in [-0.25, -0.2) is 0 Å². The summed E-state index contributed by atoms with van der Waals surface area (Å²) in [5.41, 5.74) is 5.10. The lowest BCUT2D eigenvalue weighted by atomic mass is 9.93. The maximum Gasteiger partial charge on any atom is 0.0236 e. The van der Waals surface area contributed by atoms with E-state index in [-0.39, 0.29) is 0 Å². The summed E-state index contributed by atoms with van der Waals surface area (Å²) in [4.78, 5) is 0. The smallest absolute Gasteiger partial charge is 0.0236 e. The minimum atomic E-state index is -0.643. The summed E-state index contributed by atoms with van der Waals surface area (Å²) < 4.78 is 0. The molecule has 0 aromatic heterocycles. The minimum Gasteiger partial charge on any atom is -0.0676 e. The summed E-state index contributed by atoms with van der Waals surface area (Å²) >= 11 is 0. The van der Waals surface area contributed by atoms with Gasteiger partial charge in [-0.3, -0.25) is 0 Å². The Balaban J connectivity index is 1.58. The molecule has 1 aliphatic carbocycles. The first-order valence-corrected chi connectivity index (χ1v) is 12.2. The SMILES string of the molecule is [CH]1[CH][C](C=C(c2ccccc2)c2ccccc2)[C](P(c2ccccc2)c2ccccc2)[CH]1. The van der Waals surface area contributed by atoms with Gasteiger partial charge in [0.25, 0.3) is 0 Å². The average molecular weight is 428 g/mol. The molecule has 0 spiro atoms. The van der Waals surface area contributed by atoms with E-state index >= 15 is 0 Å². The van der Waals surface area contributed by atoms with Gasteiger partial charge in [0.2, 0.25) is 0 Å². The fourth-order valence-corrected chi connectivity index (χ4v) is 6.48. The minimum absolute atomic E-state index is 0.643. The number of hydrogen-bond acceptors (Lipinski definition) is 0. The largest absolute Gasteiger partial charge is 0.0676 e. The van der Waals surface area contributed by atoms with Crippen molar-refractivity contribution >= 4 is 24.1 Å². The summed E-state index contributed by atoms with van der Waals surface area (Å²) in [6.07, 6.45) is 9.10. The molecular weight excluding hydrogens is 403 g/mol. The highest BCUT2D eigenvalue weighted by molar-refractivity contribution is 7.76. The van der Waals surface area contributed by atoms with E-state index in [4.69, 9.17) is 0 Å². The molecule has 5 radical (unpaired) electrons. The lowest BCUT2D eigenvalue weighted by molar-refractivity contribution is 1.32. The van der Waals surface area contributed by atoms with Crippen molar-refractivity contribution in [3.05, 3.63) is 169 Å². The first-order chi connectivity index (χ1) is 15.9. The third-order valence-corrected chi connectivity index (χ3v) is 8.08. The number of benzene rings is 4. The van der Waals surface area contributed by atoms with Gasteiger partial charge in [0, 0.05) is 11.6 Å². The molecule has 0 nitrogen and oxygen atoms in total. The summed E-state index contributed by atoms with van der Waals surface area (Å²) in [7, 11) is -0.643. The summed E-state index contributed by atoms with van der Waals surface area (Å²) in [5, 5.41) is 2.74. The molecular formula is C31H24P. The quantitative estimate of drug-likeness (QED) is 0.291. The first-order valence-electron chi connectivity index (χ1n) is 10.9. The van der Waals surface area contributed by atoms with Crippen molar-refractivity contribution in [2.24, 2.45) is 0 Å². The van der Waals surface area contributed by atoms with E-state index < -0.39 is 7.92 Å². The Morgan fingerprint density at radius 1 is 0.500 bits per heavy atom. The lowest BCUT2D eigenvalue weighted by Crippen LogP contribution is -2.18. The molecule has 0 heterocycles. The first kappa shape index (κ1) is 20.9. The zero-order chi connectivity index (χ0) is 21.6. The Morgan fingerprint density at radius 2 is 0.938 bits per heavy atom. The van der Waals surface area contributed by atoms with Crippen LogP contribution in [0.25, 0.3) is 5.57 Å². The number of rotatable bonds is 6. The predicted molar refractivity (Wildman–Crippen MR) is 138 cm³/mol. The highest BCUT2D eigenvalue weighted by Gasteiger charge is 2.36. The summed E-state index contributed by atoms with van der Waals surface area (Å²) in [6, 6.07) is 43.2. The van der Waals surface area contributed by atoms with Crippen LogP contribution in [0.4, 0.5) is 0 Å². The molecule has 1 fully saturated rings. The Kier molecular flexibility index (Phi) is 6.61. The molecule has 0 bridgehead atoms. The molecule has 4 aromatic rings. The molecule has 5 rings (SSSR count). The molecule has 0 atom stereocenters. The van der Waals surface area contributed by atoms with Crippen LogP contribution in [-0.4, -0.2) is 0 Å². The van der Waals surface area contributed by atoms with E-state index in [2.05, 4.69) is 147 Å². The zero-order valence-electron chi connectivity index (χ0n) is 17.8. The zero-order valence-corrected chi connectivity index (χ0v) is 18.7. The van der Waals surface area contributed by atoms with Crippen molar-refractivity contribution in [1.29, 1.82) is 0 Å². The van der Waals surface area contributed by atoms with Crippen LogP contribution >= 0.6 is 7.92 Å². The van der Waals surface area contributed by atoms with Gasteiger partial charge in [0.15, 0.2) is 0 Å². The maximum atomic E-state index is 2.36. The second kappa shape index (κ2) is 10.1. The molecule has 0 aliphatic heterocycles. The second-order valence-corrected chi connectivity index (χ2v) is 9.85. The van der Waals surface area contributed by atoms with Gasteiger partial charge in [-0.1, -0.05) is 127 Å². The van der Waals surface area contributed by atoms with Crippen molar-refractivity contribution in [2.45, 2.75) is 0 Å². The molecule has 153 valence electrons. The summed E-state index contributed by atoms with van der Waals surface area (Å²) in [5.74, 6) is 1.28. The molecule has 4 aromatic carbocycles. The maximum absolute atomic E-state index is 2.36. The topological polar surface area (TPSA) is 0 Å². The third-order valence-electron chi connectivity index (χ3n) is 5.56. The second-order valence-electron chi connectivity index (χ2n) is 7.66. The van der Waals surface area contributed by atoms with Gasteiger partial charge in [-0.05, 0) is 54.5 Å². The van der Waals surface area contributed by atoms with Crippen molar-refractivity contribution in [2.75, 3.05) is 0 Å². The van der Waals surface area contributed by atoms with Crippen molar-refractivity contribution in [1.82, 2.24) is 0 Å². The Hall–Kier alpha value is -2.95. The van der Waals surface area contributed by atoms with E-state index in [0.717, 1.165) is 0 Å². The van der Waals surface area contributed by atoms with Crippen LogP contribution in [0, 0.1) is 30.8 Å². The number of hydrogen-bond donors (Lipinski definition) is 0. The van der Waals surface area contributed by atoms with Crippen LogP contribution in [0.1, 0.15) is 11.1 Å². The van der Waals surface area contributed by atoms with E-state index in [1.54, 1.807) is 0 Å². The Morgan fingerprint density at radius 3 is 1.41 bits per heavy atom. The van der Waals surface area contributed by atoms with E-state index in [9.17, 15) is 0 Å². The normalized spacial score (nSPS) is 14.5. The molecule has 1 saturated carbocycles. The van der Waals surface area contributed by atoms with Gasteiger partial charge in [0.05, 0.1) is 0 Å². The standard InChI is InChI=1S/C31H24P/c1-5-14-25(15-6-1)30(26-16-7-2-8-17-26)24-27-18-13-23-31(27)32(28-19-9-3-10-20-28)29-21-11-4-12-22-29/h1-24H. The van der Waals surface area contributed by atoms with Crippen LogP contribution in [-0.2, 0) is 0 Å².